The van der Waals surface area contributed by atoms with Gasteiger partial charge in [0.15, 0.2) is 23.2 Å². The number of nitrogens with one attached hydrogen (secondary N) is 1. The van der Waals surface area contributed by atoms with Crippen molar-refractivity contribution in [2.45, 2.75) is 25.6 Å². The van der Waals surface area contributed by atoms with Gasteiger partial charge in [0.1, 0.15) is 0 Å². The summed E-state index contributed by atoms with van der Waals surface area (Å²) in [4.78, 5) is 12.7. The average molecular weight is 407 g/mol. The van der Waals surface area contributed by atoms with E-state index in [9.17, 15) is 15.2 Å². The van der Waals surface area contributed by atoms with Gasteiger partial charge in [-0.25, -0.2) is 4.79 Å². The summed E-state index contributed by atoms with van der Waals surface area (Å²) in [5.74, 6) is -7.17. The molecule has 1 aromatic rings. The van der Waals surface area contributed by atoms with Crippen LogP contribution in [0.3, 0.4) is 0 Å². The molecule has 10 heteroatoms. The lowest BCUT2D eigenvalue weighted by atomic mass is 9.76. The maximum Gasteiger partial charge on any atom is 0.337 e. The fraction of sp³-hybridized carbons (Fsp3) is 0.350. The zero-order valence-corrected chi connectivity index (χ0v) is 16.0. The Morgan fingerprint density at radius 2 is 1.80 bits per heavy atom. The zero-order valence-electron chi connectivity index (χ0n) is 16.0. The lowest BCUT2D eigenvalue weighted by molar-refractivity contribution is -0.394. The molecule has 30 heavy (non-hydrogen) atoms. The third-order valence-electron chi connectivity index (χ3n) is 4.56. The van der Waals surface area contributed by atoms with E-state index in [1.54, 1.807) is 12.1 Å². The quantitative estimate of drug-likeness (QED) is 0.556. The lowest BCUT2D eigenvalue weighted by Crippen LogP contribution is -2.43. The minimum atomic E-state index is -1.54. The molecule has 2 atom stereocenters. The highest BCUT2D eigenvalue weighted by Gasteiger charge is 2.41. The normalized spacial score (nSPS) is 18.3. The Kier molecular flexibility index (Phi) is 5.23. The number of carbonyl (C=O) groups is 1. The first-order chi connectivity index (χ1) is 14.2. The molecule has 0 amide bonds. The number of cyclic esters (lactones) is 1. The number of ether oxygens (including phenoxy) is 4. The fourth-order valence-corrected chi connectivity index (χ4v) is 3.22. The first-order valence-corrected chi connectivity index (χ1v) is 8.72. The number of benzene rings is 1. The second-order valence-electron chi connectivity index (χ2n) is 6.94. The van der Waals surface area contributed by atoms with Crippen LogP contribution in [-0.4, -0.2) is 24.3 Å². The third kappa shape index (κ3) is 3.57. The number of hydrogen-bond donors (Lipinski definition) is 1. The van der Waals surface area contributed by atoms with Crippen molar-refractivity contribution in [2.75, 3.05) is 6.79 Å². The highest BCUT2D eigenvalue weighted by molar-refractivity contribution is 5.97. The molecule has 152 valence electrons. The van der Waals surface area contributed by atoms with Crippen LogP contribution in [0.15, 0.2) is 29.7 Å². The largest absolute Gasteiger partial charge is 0.575 e. The Balaban J connectivity index is 2.18. The molecule has 2 aliphatic heterocycles. The van der Waals surface area contributed by atoms with E-state index >= 15 is 0 Å². The van der Waals surface area contributed by atoms with Gasteiger partial charge < -0.3 is 29.5 Å². The van der Waals surface area contributed by atoms with Crippen LogP contribution in [-0.2, 0) is 14.3 Å². The van der Waals surface area contributed by atoms with Gasteiger partial charge in [-0.2, -0.15) is 15.8 Å². The molecule has 0 saturated heterocycles. The van der Waals surface area contributed by atoms with E-state index in [0.717, 1.165) is 0 Å². The van der Waals surface area contributed by atoms with Gasteiger partial charge in [0.05, 0.1) is 41.4 Å². The van der Waals surface area contributed by atoms with Crippen molar-refractivity contribution in [2.24, 2.45) is 11.8 Å². The molecular formula is C20H15N4O6-. The van der Waals surface area contributed by atoms with Crippen LogP contribution in [0.5, 0.6) is 11.5 Å². The summed E-state index contributed by atoms with van der Waals surface area (Å²) in [7, 11) is 0. The van der Waals surface area contributed by atoms with E-state index in [2.05, 4.69) is 0 Å². The summed E-state index contributed by atoms with van der Waals surface area (Å²) in [6.07, 6.45) is 0. The standard InChI is InChI=1S/C20H16N4O6/c1-20(2)29-18(25)16(19(26)30-20)15(12(8-23)17(24)11(6-21)7-22)10-3-4-13-14(5-10)28-9-27-13/h3-5,11-12,15,24-25H,9H2,1-2H3/p-1/t12-,15+/m1/s1. The predicted octanol–water partition coefficient (Wildman–Crippen LogP) is 1.20. The van der Waals surface area contributed by atoms with Crippen LogP contribution in [0.2, 0.25) is 0 Å². The summed E-state index contributed by atoms with van der Waals surface area (Å²) >= 11 is 0. The Hall–Kier alpha value is -4.23. The average Bonchev–Trinajstić information content (AvgIpc) is 3.14. The fourth-order valence-electron chi connectivity index (χ4n) is 3.22. The summed E-state index contributed by atoms with van der Waals surface area (Å²) in [6.45, 7) is 2.72. The van der Waals surface area contributed by atoms with Gasteiger partial charge >= 0.3 is 5.97 Å². The van der Waals surface area contributed by atoms with Crippen molar-refractivity contribution in [1.82, 2.24) is 0 Å². The molecular weight excluding hydrogens is 392 g/mol. The number of nitrogens with zero attached hydrogens (tertiary/aromatic N) is 3. The van der Waals surface area contributed by atoms with E-state index in [0.29, 0.717) is 11.5 Å². The maximum atomic E-state index is 12.7. The van der Waals surface area contributed by atoms with Gasteiger partial charge in [0.25, 0.3) is 0 Å². The van der Waals surface area contributed by atoms with Crippen LogP contribution >= 0.6 is 0 Å². The van der Waals surface area contributed by atoms with Crippen molar-refractivity contribution in [3.8, 4) is 29.7 Å². The van der Waals surface area contributed by atoms with Crippen molar-refractivity contribution in [3.05, 3.63) is 35.3 Å². The molecule has 0 aromatic heterocycles. The molecule has 1 aromatic carbocycles. The second-order valence-corrected chi connectivity index (χ2v) is 6.94. The topological polar surface area (TPSA) is 172 Å². The number of nitriles is 3. The Labute approximate surface area is 171 Å². The molecule has 2 aliphatic rings. The van der Waals surface area contributed by atoms with Crippen LogP contribution in [0.1, 0.15) is 25.3 Å². The summed E-state index contributed by atoms with van der Waals surface area (Å²) < 4.78 is 20.9. The highest BCUT2D eigenvalue weighted by atomic mass is 16.8. The molecule has 0 unspecified atom stereocenters. The molecule has 0 spiro atoms. The lowest BCUT2D eigenvalue weighted by Gasteiger charge is -2.41. The zero-order chi connectivity index (χ0) is 22.1. The summed E-state index contributed by atoms with van der Waals surface area (Å²) in [5, 5.41) is 49.0. The van der Waals surface area contributed by atoms with Gasteiger partial charge in [-0.1, -0.05) is 6.07 Å². The van der Waals surface area contributed by atoms with Crippen molar-refractivity contribution >= 4 is 11.7 Å². The van der Waals surface area contributed by atoms with Gasteiger partial charge in [-0.15, -0.1) is 0 Å². The smallest absolute Gasteiger partial charge is 0.337 e. The van der Waals surface area contributed by atoms with Gasteiger partial charge in [-0.3, -0.25) is 0 Å². The number of hydrogen-bond acceptors (Lipinski definition) is 10. The Morgan fingerprint density at radius 3 is 2.40 bits per heavy atom. The van der Waals surface area contributed by atoms with Crippen LogP contribution in [0.25, 0.3) is 0 Å². The van der Waals surface area contributed by atoms with E-state index in [1.165, 1.54) is 32.0 Å². The van der Waals surface area contributed by atoms with Crippen LogP contribution in [0.4, 0.5) is 0 Å². The Bertz CT molecular complexity index is 1060. The molecule has 0 saturated carbocycles. The van der Waals surface area contributed by atoms with E-state index < -0.39 is 46.7 Å². The third-order valence-corrected chi connectivity index (χ3v) is 4.56. The molecule has 0 fully saturated rings. The number of carbonyl (C=O) groups excluding carboxylic acids is 1. The van der Waals surface area contributed by atoms with Crippen LogP contribution < -0.4 is 14.6 Å². The monoisotopic (exact) mass is 407 g/mol. The minimum absolute atomic E-state index is 0.0270. The molecule has 1 N–H and O–H groups in total. The van der Waals surface area contributed by atoms with E-state index in [4.69, 9.17) is 34.9 Å². The number of rotatable bonds is 5. The van der Waals surface area contributed by atoms with E-state index in [1.807, 2.05) is 6.07 Å². The second kappa shape index (κ2) is 7.65. The van der Waals surface area contributed by atoms with Crippen molar-refractivity contribution in [3.63, 3.8) is 0 Å². The molecule has 10 nitrogen and oxygen atoms in total. The molecule has 0 radical (unpaired) electrons. The maximum absolute atomic E-state index is 12.7. The highest BCUT2D eigenvalue weighted by Crippen LogP contribution is 2.42. The summed E-state index contributed by atoms with van der Waals surface area (Å²) in [5.41, 5.74) is -0.809. The first-order valence-electron chi connectivity index (χ1n) is 8.72. The number of fused-ring (bicyclic) bond motifs is 1. The SMILES string of the molecule is CC1(C)OC(=O)C([C@@H](c2ccc3c(c2)OCO3)[C@@H](C#N)C(=N)C(C#N)C#N)=C([O-])O1. The molecule has 2 heterocycles. The minimum Gasteiger partial charge on any atom is -0.575 e. The summed E-state index contributed by atoms with van der Waals surface area (Å²) in [6, 6.07) is 9.59. The van der Waals surface area contributed by atoms with E-state index in [-0.39, 0.29) is 12.4 Å². The van der Waals surface area contributed by atoms with Gasteiger partial charge in [0, 0.05) is 5.92 Å². The number of esters is 1. The first kappa shape index (κ1) is 20.5. The van der Waals surface area contributed by atoms with Gasteiger partial charge in [-0.05, 0) is 31.5 Å². The predicted molar refractivity (Wildman–Crippen MR) is 95.1 cm³/mol. The van der Waals surface area contributed by atoms with Crippen molar-refractivity contribution in [1.29, 1.82) is 21.2 Å². The molecule has 3 rings (SSSR count). The van der Waals surface area contributed by atoms with Gasteiger partial charge in [0.2, 0.25) is 6.79 Å². The Morgan fingerprint density at radius 1 is 1.13 bits per heavy atom. The molecule has 0 bridgehead atoms. The van der Waals surface area contributed by atoms with Crippen LogP contribution in [0, 0.1) is 51.2 Å². The van der Waals surface area contributed by atoms with Crippen molar-refractivity contribution < 1.29 is 28.8 Å². The molecule has 0 aliphatic carbocycles.